The van der Waals surface area contributed by atoms with E-state index < -0.39 is 87.7 Å². The molecule has 192 valence electrons. The number of aliphatic hydroxyl groups is 2. The van der Waals surface area contributed by atoms with Crippen molar-refractivity contribution in [1.29, 1.82) is 0 Å². The minimum absolute atomic E-state index is 0.184. The molecule has 1 saturated heterocycles. The van der Waals surface area contributed by atoms with Crippen LogP contribution in [0.5, 0.6) is 34.5 Å². The van der Waals surface area contributed by atoms with E-state index in [2.05, 4.69) is 0 Å². The minimum Gasteiger partial charge on any atom is -0.508 e. The van der Waals surface area contributed by atoms with Crippen molar-refractivity contribution >= 4 is 16.9 Å². The normalized spacial score (nSPS) is 23.9. The topological polar surface area (TPSA) is 217 Å². The maximum absolute atomic E-state index is 13.4. The number of benzene rings is 2. The largest absolute Gasteiger partial charge is 0.508 e. The van der Waals surface area contributed by atoms with Crippen LogP contribution in [0.3, 0.4) is 0 Å². The Kier molecular flexibility index (Phi) is 6.30. The Hall–Kier alpha value is -4.20. The molecule has 2 heterocycles. The summed E-state index contributed by atoms with van der Waals surface area (Å²) in [5, 5.41) is 70.2. The van der Waals surface area contributed by atoms with Crippen LogP contribution in [-0.2, 0) is 14.3 Å². The molecule has 0 bridgehead atoms. The fraction of sp³-hybridized carbons (Fsp3) is 0.304. The molecule has 36 heavy (non-hydrogen) atoms. The number of carbonyl (C=O) groups is 1. The van der Waals surface area contributed by atoms with Crippen molar-refractivity contribution in [1.82, 2.24) is 0 Å². The van der Waals surface area contributed by atoms with Gasteiger partial charge in [-0.25, -0.2) is 0 Å². The Labute approximate surface area is 201 Å². The van der Waals surface area contributed by atoms with Crippen LogP contribution in [0, 0.1) is 0 Å². The van der Waals surface area contributed by atoms with E-state index in [4.69, 9.17) is 18.6 Å². The van der Waals surface area contributed by atoms with E-state index in [1.807, 2.05) is 0 Å². The third kappa shape index (κ3) is 4.30. The van der Waals surface area contributed by atoms with E-state index in [1.165, 1.54) is 6.92 Å². The van der Waals surface area contributed by atoms with E-state index in [1.54, 1.807) is 0 Å². The average molecular weight is 506 g/mol. The van der Waals surface area contributed by atoms with Crippen LogP contribution in [-0.4, -0.2) is 72.4 Å². The zero-order valence-electron chi connectivity index (χ0n) is 18.8. The van der Waals surface area contributed by atoms with Crippen molar-refractivity contribution in [3.8, 4) is 45.8 Å². The monoisotopic (exact) mass is 506 g/mol. The third-order valence-corrected chi connectivity index (χ3v) is 5.56. The fourth-order valence-corrected chi connectivity index (χ4v) is 3.87. The number of ether oxygens (including phenoxy) is 3. The number of esters is 1. The maximum atomic E-state index is 13.4. The highest BCUT2D eigenvalue weighted by atomic mass is 16.7. The lowest BCUT2D eigenvalue weighted by molar-refractivity contribution is -0.272. The third-order valence-electron chi connectivity index (χ3n) is 5.56. The van der Waals surface area contributed by atoms with Crippen molar-refractivity contribution < 1.29 is 59.2 Å². The van der Waals surface area contributed by atoms with Crippen LogP contribution in [0.4, 0.5) is 0 Å². The molecular formula is C23H22O13. The second-order valence-corrected chi connectivity index (χ2v) is 8.17. The van der Waals surface area contributed by atoms with Gasteiger partial charge in [-0.15, -0.1) is 0 Å². The van der Waals surface area contributed by atoms with Crippen LogP contribution in [0.15, 0.2) is 33.5 Å². The van der Waals surface area contributed by atoms with Crippen molar-refractivity contribution in [3.63, 3.8) is 0 Å². The summed E-state index contributed by atoms with van der Waals surface area (Å²) < 4.78 is 21.8. The quantitative estimate of drug-likeness (QED) is 0.192. The number of phenolic OH excluding ortho intramolecular Hbond substituents is 5. The number of aliphatic hydroxyl groups excluding tert-OH is 2. The Morgan fingerprint density at radius 1 is 0.944 bits per heavy atom. The summed E-state index contributed by atoms with van der Waals surface area (Å²) in [6.07, 6.45) is -7.46. The summed E-state index contributed by atoms with van der Waals surface area (Å²) in [6.45, 7) is 2.53. The first-order valence-corrected chi connectivity index (χ1v) is 10.5. The number of phenols is 5. The first-order valence-electron chi connectivity index (χ1n) is 10.5. The highest BCUT2D eigenvalue weighted by Crippen LogP contribution is 2.43. The van der Waals surface area contributed by atoms with Crippen LogP contribution >= 0.6 is 0 Å². The smallest absolute Gasteiger partial charge is 0.303 e. The van der Waals surface area contributed by atoms with Gasteiger partial charge in [0.05, 0.1) is 6.10 Å². The molecule has 13 nitrogen and oxygen atoms in total. The van der Waals surface area contributed by atoms with Gasteiger partial charge in [0.15, 0.2) is 29.1 Å². The molecule has 4 rings (SSSR count). The molecule has 7 N–H and O–H groups in total. The molecule has 0 spiro atoms. The van der Waals surface area contributed by atoms with Gasteiger partial charge in [0.1, 0.15) is 34.7 Å². The molecule has 0 saturated carbocycles. The van der Waals surface area contributed by atoms with Gasteiger partial charge in [-0.05, 0) is 19.1 Å². The highest BCUT2D eigenvalue weighted by molar-refractivity contribution is 5.88. The van der Waals surface area contributed by atoms with Gasteiger partial charge < -0.3 is 54.4 Å². The fourth-order valence-electron chi connectivity index (χ4n) is 3.87. The van der Waals surface area contributed by atoms with Gasteiger partial charge in [-0.3, -0.25) is 9.59 Å². The first-order chi connectivity index (χ1) is 16.9. The van der Waals surface area contributed by atoms with Crippen molar-refractivity contribution in [3.05, 3.63) is 34.5 Å². The molecule has 1 aromatic heterocycles. The molecule has 5 unspecified atom stereocenters. The summed E-state index contributed by atoms with van der Waals surface area (Å²) in [6, 6.07) is 3.76. The summed E-state index contributed by atoms with van der Waals surface area (Å²) in [5.41, 5.74) is -1.49. The van der Waals surface area contributed by atoms with E-state index in [0.29, 0.717) is 0 Å². The Bertz CT molecular complexity index is 1370. The van der Waals surface area contributed by atoms with Gasteiger partial charge in [-0.1, -0.05) is 0 Å². The number of hydrogen-bond acceptors (Lipinski definition) is 13. The predicted octanol–water partition coefficient (Wildman–Crippen LogP) is 0.765. The summed E-state index contributed by atoms with van der Waals surface area (Å²) in [5.74, 6) is -5.38. The molecule has 0 aliphatic carbocycles. The van der Waals surface area contributed by atoms with Crippen LogP contribution < -0.4 is 10.2 Å². The number of carbonyl (C=O) groups excluding carboxylic acids is 1. The Morgan fingerprint density at radius 3 is 2.19 bits per heavy atom. The van der Waals surface area contributed by atoms with Crippen LogP contribution in [0.1, 0.15) is 13.8 Å². The second-order valence-electron chi connectivity index (χ2n) is 8.17. The summed E-state index contributed by atoms with van der Waals surface area (Å²) >= 11 is 0. The molecule has 5 atom stereocenters. The maximum Gasteiger partial charge on any atom is 0.303 e. The average Bonchev–Trinajstić information content (AvgIpc) is 2.79. The molecule has 13 heteroatoms. The number of rotatable bonds is 4. The van der Waals surface area contributed by atoms with Gasteiger partial charge in [0.25, 0.3) is 0 Å². The van der Waals surface area contributed by atoms with Crippen LogP contribution in [0.25, 0.3) is 22.3 Å². The highest BCUT2D eigenvalue weighted by Gasteiger charge is 2.46. The van der Waals surface area contributed by atoms with Crippen molar-refractivity contribution in [2.75, 3.05) is 0 Å². The van der Waals surface area contributed by atoms with Gasteiger partial charge in [0.2, 0.25) is 17.5 Å². The van der Waals surface area contributed by atoms with Gasteiger partial charge >= 0.3 is 5.97 Å². The first kappa shape index (κ1) is 24.9. The molecule has 1 fully saturated rings. The Balaban J connectivity index is 1.87. The number of aromatic hydroxyl groups is 5. The molecule has 0 radical (unpaired) electrons. The molecule has 2 aromatic carbocycles. The standard InChI is InChI=1S/C23H22O13/c1-7-20(34-8(2)24)18(31)19(32)23(33-7)36-22-17(30)15-11(26)5-10(25)6-14(15)35-21(22)9-3-12(27)16(29)13(28)4-9/h3-7,18-20,23,25-29,31-32H,1-2H3. The van der Waals surface area contributed by atoms with Crippen LogP contribution in [0.2, 0.25) is 0 Å². The van der Waals surface area contributed by atoms with Crippen molar-refractivity contribution in [2.45, 2.75) is 44.6 Å². The zero-order chi connectivity index (χ0) is 26.5. The van der Waals surface area contributed by atoms with Gasteiger partial charge in [-0.2, -0.15) is 0 Å². The van der Waals surface area contributed by atoms with E-state index in [9.17, 15) is 45.3 Å². The number of hydrogen-bond donors (Lipinski definition) is 7. The summed E-state index contributed by atoms with van der Waals surface area (Å²) in [4.78, 5) is 24.7. The lowest BCUT2D eigenvalue weighted by Gasteiger charge is -2.40. The molecule has 3 aromatic rings. The predicted molar refractivity (Wildman–Crippen MR) is 119 cm³/mol. The van der Waals surface area contributed by atoms with E-state index in [0.717, 1.165) is 31.2 Å². The van der Waals surface area contributed by atoms with Crippen molar-refractivity contribution in [2.24, 2.45) is 0 Å². The summed E-state index contributed by atoms with van der Waals surface area (Å²) in [7, 11) is 0. The number of fused-ring (bicyclic) bond motifs is 1. The SMILES string of the molecule is CC(=O)OC1C(C)OC(Oc2c(-c3cc(O)c(O)c(O)c3)oc3cc(O)cc(O)c3c2=O)C(O)C1O. The Morgan fingerprint density at radius 2 is 1.58 bits per heavy atom. The molecular weight excluding hydrogens is 484 g/mol. The van der Waals surface area contributed by atoms with E-state index in [-0.39, 0.29) is 11.1 Å². The molecule has 0 amide bonds. The zero-order valence-corrected chi connectivity index (χ0v) is 18.8. The molecule has 1 aliphatic rings. The van der Waals surface area contributed by atoms with E-state index >= 15 is 0 Å². The lowest BCUT2D eigenvalue weighted by Crippen LogP contribution is -2.59. The second kappa shape index (κ2) is 9.11. The minimum atomic E-state index is -1.83. The lowest BCUT2D eigenvalue weighted by atomic mass is 9.99. The molecule has 1 aliphatic heterocycles. The van der Waals surface area contributed by atoms with Gasteiger partial charge in [0, 0.05) is 24.6 Å².